The molecule has 0 radical (unpaired) electrons. The fourth-order valence-electron chi connectivity index (χ4n) is 4.80. The highest BCUT2D eigenvalue weighted by Crippen LogP contribution is 2.46. The van der Waals surface area contributed by atoms with Gasteiger partial charge in [-0.2, -0.15) is 0 Å². The molecule has 0 spiro atoms. The Morgan fingerprint density at radius 3 is 2.43 bits per heavy atom. The van der Waals surface area contributed by atoms with Crippen LogP contribution in [0.25, 0.3) is 11.3 Å². The number of nitrogens with zero attached hydrogens (tertiary/aromatic N) is 2. The van der Waals surface area contributed by atoms with Gasteiger partial charge in [0.15, 0.2) is 0 Å². The molecular weight excluding hydrogens is 508 g/mol. The standard InChI is InChI=1S/C24H30Br2N2O2/c1-23(2,3)28-10-8-24(4,5)13-16-19(26)20-15-12-17(25)18(30-6)11-14(15)7-9-27(20)21(16)22(28)29/h11-12H,7-10,13H2,1-6H3. The number of amides is 1. The largest absolute Gasteiger partial charge is 0.496 e. The van der Waals surface area contributed by atoms with Gasteiger partial charge >= 0.3 is 0 Å². The van der Waals surface area contributed by atoms with Gasteiger partial charge in [0.1, 0.15) is 11.4 Å². The lowest BCUT2D eigenvalue weighted by Gasteiger charge is -2.40. The molecule has 0 unspecified atom stereocenters. The molecular formula is C24H30Br2N2O2. The van der Waals surface area contributed by atoms with Crippen LogP contribution in [0.5, 0.6) is 5.75 Å². The van der Waals surface area contributed by atoms with Gasteiger partial charge in [0.25, 0.3) is 5.91 Å². The van der Waals surface area contributed by atoms with Crippen molar-refractivity contribution in [1.82, 2.24) is 9.47 Å². The van der Waals surface area contributed by atoms with Crippen LogP contribution in [0.3, 0.4) is 0 Å². The second kappa shape index (κ2) is 7.40. The number of carbonyl (C=O) groups excluding carboxylic acids is 1. The molecule has 162 valence electrons. The summed E-state index contributed by atoms with van der Waals surface area (Å²) in [5.41, 5.74) is 5.44. The van der Waals surface area contributed by atoms with E-state index in [-0.39, 0.29) is 16.9 Å². The maximum Gasteiger partial charge on any atom is 0.271 e. The Morgan fingerprint density at radius 2 is 1.80 bits per heavy atom. The first-order valence-electron chi connectivity index (χ1n) is 10.5. The number of rotatable bonds is 1. The summed E-state index contributed by atoms with van der Waals surface area (Å²) >= 11 is 7.57. The second-order valence-electron chi connectivity index (χ2n) is 10.3. The fourth-order valence-corrected chi connectivity index (χ4v) is 6.06. The number of hydrogen-bond acceptors (Lipinski definition) is 2. The molecule has 0 saturated heterocycles. The molecule has 2 aromatic rings. The summed E-state index contributed by atoms with van der Waals surface area (Å²) in [6.45, 7) is 12.6. The van der Waals surface area contributed by atoms with Crippen LogP contribution < -0.4 is 4.74 Å². The Bertz CT molecular complexity index is 1030. The number of hydrogen-bond donors (Lipinski definition) is 0. The van der Waals surface area contributed by atoms with Crippen LogP contribution in [-0.2, 0) is 19.4 Å². The van der Waals surface area contributed by atoms with Gasteiger partial charge in [-0.25, -0.2) is 0 Å². The zero-order valence-electron chi connectivity index (χ0n) is 18.7. The van der Waals surface area contributed by atoms with Gasteiger partial charge in [0.05, 0.1) is 17.3 Å². The number of benzene rings is 1. The highest BCUT2D eigenvalue weighted by Gasteiger charge is 2.39. The average Bonchev–Trinajstić information content (AvgIpc) is 2.90. The van der Waals surface area contributed by atoms with Gasteiger partial charge in [-0.15, -0.1) is 0 Å². The maximum atomic E-state index is 13.9. The number of ether oxygens (including phenoxy) is 1. The smallest absolute Gasteiger partial charge is 0.271 e. The third-order valence-electron chi connectivity index (χ3n) is 6.46. The molecule has 3 heterocycles. The van der Waals surface area contributed by atoms with E-state index in [1.165, 1.54) is 11.1 Å². The molecule has 4 rings (SSSR count). The van der Waals surface area contributed by atoms with E-state index in [2.05, 4.69) is 88.1 Å². The summed E-state index contributed by atoms with van der Waals surface area (Å²) in [6, 6.07) is 4.25. The van der Waals surface area contributed by atoms with Crippen LogP contribution >= 0.6 is 31.9 Å². The number of aryl methyl sites for hydroxylation is 1. The molecule has 1 amide bonds. The van der Waals surface area contributed by atoms with E-state index in [0.29, 0.717) is 0 Å². The third-order valence-corrected chi connectivity index (χ3v) is 7.93. The maximum absolute atomic E-state index is 13.9. The topological polar surface area (TPSA) is 34.5 Å². The lowest BCUT2D eigenvalue weighted by atomic mass is 9.80. The van der Waals surface area contributed by atoms with Crippen molar-refractivity contribution in [3.8, 4) is 17.0 Å². The fraction of sp³-hybridized carbons (Fsp3) is 0.542. The third kappa shape index (κ3) is 3.54. The molecule has 0 aliphatic carbocycles. The van der Waals surface area contributed by atoms with Gasteiger partial charge in [-0.05, 0) is 101 Å². The predicted octanol–water partition coefficient (Wildman–Crippen LogP) is 6.46. The van der Waals surface area contributed by atoms with E-state index < -0.39 is 0 Å². The number of aromatic nitrogens is 1. The zero-order chi connectivity index (χ0) is 22.0. The molecule has 1 aromatic carbocycles. The van der Waals surface area contributed by atoms with E-state index in [4.69, 9.17) is 4.74 Å². The normalized spacial score (nSPS) is 18.3. The molecule has 0 bridgehead atoms. The minimum atomic E-state index is -0.220. The first kappa shape index (κ1) is 21.9. The van der Waals surface area contributed by atoms with Crippen LogP contribution in [0.4, 0.5) is 0 Å². The van der Waals surface area contributed by atoms with Crippen molar-refractivity contribution in [1.29, 1.82) is 0 Å². The number of carbonyl (C=O) groups is 1. The van der Waals surface area contributed by atoms with E-state index in [1.807, 2.05) is 0 Å². The Balaban J connectivity index is 1.98. The molecule has 30 heavy (non-hydrogen) atoms. The Hall–Kier alpha value is -1.27. The molecule has 0 saturated carbocycles. The summed E-state index contributed by atoms with van der Waals surface area (Å²) in [6.07, 6.45) is 2.76. The predicted molar refractivity (Wildman–Crippen MR) is 128 cm³/mol. The summed E-state index contributed by atoms with van der Waals surface area (Å²) in [5, 5.41) is 0. The number of methoxy groups -OCH3 is 1. The minimum Gasteiger partial charge on any atom is -0.496 e. The second-order valence-corrected chi connectivity index (χ2v) is 11.9. The Labute approximate surface area is 196 Å². The zero-order valence-corrected chi connectivity index (χ0v) is 21.8. The molecule has 0 fully saturated rings. The van der Waals surface area contributed by atoms with Crippen LogP contribution in [0, 0.1) is 5.41 Å². The van der Waals surface area contributed by atoms with Crippen LogP contribution in [0.15, 0.2) is 21.1 Å². The van der Waals surface area contributed by atoms with Crippen molar-refractivity contribution < 1.29 is 9.53 Å². The molecule has 0 atom stereocenters. The van der Waals surface area contributed by atoms with Crippen molar-refractivity contribution in [2.24, 2.45) is 5.41 Å². The van der Waals surface area contributed by atoms with Gasteiger partial charge in [-0.3, -0.25) is 4.79 Å². The van der Waals surface area contributed by atoms with E-state index in [0.717, 1.165) is 64.0 Å². The summed E-state index contributed by atoms with van der Waals surface area (Å²) in [4.78, 5) is 15.9. The van der Waals surface area contributed by atoms with Crippen molar-refractivity contribution in [3.05, 3.63) is 37.9 Å². The number of fused-ring (bicyclic) bond motifs is 5. The van der Waals surface area contributed by atoms with E-state index in [1.54, 1.807) is 7.11 Å². The lowest BCUT2D eigenvalue weighted by Crippen LogP contribution is -2.49. The number of halogens is 2. The van der Waals surface area contributed by atoms with Crippen molar-refractivity contribution in [2.75, 3.05) is 13.7 Å². The molecule has 2 aliphatic rings. The molecule has 6 heteroatoms. The van der Waals surface area contributed by atoms with Crippen molar-refractivity contribution >= 4 is 37.8 Å². The molecule has 0 N–H and O–H groups in total. The average molecular weight is 538 g/mol. The van der Waals surface area contributed by atoms with E-state index >= 15 is 0 Å². The quantitative estimate of drug-likeness (QED) is 0.418. The molecule has 2 aliphatic heterocycles. The van der Waals surface area contributed by atoms with Crippen molar-refractivity contribution in [2.45, 2.75) is 66.0 Å². The molecule has 1 aromatic heterocycles. The van der Waals surface area contributed by atoms with E-state index in [9.17, 15) is 4.79 Å². The van der Waals surface area contributed by atoms with Gasteiger partial charge in [-0.1, -0.05) is 13.8 Å². The summed E-state index contributed by atoms with van der Waals surface area (Å²) in [5.74, 6) is 0.996. The minimum absolute atomic E-state index is 0.113. The first-order valence-corrected chi connectivity index (χ1v) is 12.1. The molecule has 4 nitrogen and oxygen atoms in total. The monoisotopic (exact) mass is 536 g/mol. The Morgan fingerprint density at radius 1 is 1.10 bits per heavy atom. The van der Waals surface area contributed by atoms with Gasteiger partial charge in [0, 0.05) is 28.7 Å². The highest BCUT2D eigenvalue weighted by molar-refractivity contribution is 9.11. The van der Waals surface area contributed by atoms with Crippen LogP contribution in [-0.4, -0.2) is 34.6 Å². The summed E-state index contributed by atoms with van der Waals surface area (Å²) < 4.78 is 9.76. The van der Waals surface area contributed by atoms with Gasteiger partial charge in [0.2, 0.25) is 0 Å². The van der Waals surface area contributed by atoms with Crippen molar-refractivity contribution in [3.63, 3.8) is 0 Å². The first-order chi connectivity index (χ1) is 13.9. The van der Waals surface area contributed by atoms with Gasteiger partial charge < -0.3 is 14.2 Å². The van der Waals surface area contributed by atoms with Crippen LogP contribution in [0.1, 0.15) is 62.7 Å². The summed E-state index contributed by atoms with van der Waals surface area (Å²) in [7, 11) is 1.70. The lowest BCUT2D eigenvalue weighted by molar-refractivity contribution is 0.0517. The SMILES string of the molecule is COc1cc2c(cc1Br)-c1c(Br)c3c(n1CC2)C(=O)N(C(C)(C)C)CCC(C)(C)C3. The van der Waals surface area contributed by atoms with Crippen LogP contribution in [0.2, 0.25) is 0 Å². The highest BCUT2D eigenvalue weighted by atomic mass is 79.9. The Kier molecular flexibility index (Phi) is 5.42.